The highest BCUT2D eigenvalue weighted by Crippen LogP contribution is 2.21. The molecule has 6 nitrogen and oxygen atoms in total. The quantitative estimate of drug-likeness (QED) is 0.885. The first kappa shape index (κ1) is 12.8. The highest BCUT2D eigenvalue weighted by molar-refractivity contribution is 7.89. The van der Waals surface area contributed by atoms with Gasteiger partial charge in [-0.1, -0.05) is 0 Å². The van der Waals surface area contributed by atoms with Crippen LogP contribution in [-0.4, -0.2) is 26.3 Å². The first-order chi connectivity index (χ1) is 8.54. The Balaban J connectivity index is 2.20. The average molecular weight is 270 g/mol. The minimum atomic E-state index is -3.24. The van der Waals surface area contributed by atoms with Crippen LogP contribution < -0.4 is 9.46 Å². The van der Waals surface area contributed by atoms with Crippen LogP contribution >= 0.6 is 0 Å². The van der Waals surface area contributed by atoms with Crippen LogP contribution in [0.5, 0.6) is 5.75 Å². The van der Waals surface area contributed by atoms with E-state index in [-0.39, 0.29) is 12.3 Å². The van der Waals surface area contributed by atoms with E-state index < -0.39 is 10.0 Å². The van der Waals surface area contributed by atoms with E-state index in [1.165, 1.54) is 0 Å². The third-order valence-electron chi connectivity index (χ3n) is 2.46. The van der Waals surface area contributed by atoms with Gasteiger partial charge in [-0.15, -0.1) is 0 Å². The second kappa shape index (κ2) is 4.95. The van der Waals surface area contributed by atoms with E-state index in [1.807, 2.05) is 0 Å². The van der Waals surface area contributed by atoms with Gasteiger partial charge in [0.15, 0.2) is 5.58 Å². The summed E-state index contributed by atoms with van der Waals surface area (Å²) < 4.78 is 35.5. The topological polar surface area (TPSA) is 81.4 Å². The summed E-state index contributed by atoms with van der Waals surface area (Å²) in [6, 6.07) is 5.23. The van der Waals surface area contributed by atoms with Crippen LogP contribution in [-0.2, 0) is 16.6 Å². The molecule has 0 aliphatic heterocycles. The minimum Gasteiger partial charge on any atom is -0.497 e. The molecule has 0 saturated carbocycles. The minimum absolute atomic E-state index is 0.0288. The molecule has 1 aromatic heterocycles. The maximum absolute atomic E-state index is 11.3. The van der Waals surface area contributed by atoms with Crippen molar-refractivity contribution in [2.45, 2.75) is 13.5 Å². The fraction of sp³-hybridized carbons (Fsp3) is 0.364. The van der Waals surface area contributed by atoms with Gasteiger partial charge in [-0.3, -0.25) is 0 Å². The molecule has 1 N–H and O–H groups in total. The largest absolute Gasteiger partial charge is 0.497 e. The lowest BCUT2D eigenvalue weighted by molar-refractivity contribution is 0.415. The fourth-order valence-electron chi connectivity index (χ4n) is 1.43. The van der Waals surface area contributed by atoms with Gasteiger partial charge in [0.1, 0.15) is 11.3 Å². The van der Waals surface area contributed by atoms with Crippen molar-refractivity contribution in [3.63, 3.8) is 0 Å². The van der Waals surface area contributed by atoms with Gasteiger partial charge >= 0.3 is 0 Å². The Kier molecular flexibility index (Phi) is 3.53. The smallest absolute Gasteiger partial charge is 0.211 e. The number of rotatable bonds is 5. The molecule has 0 unspecified atom stereocenters. The number of nitrogens with one attached hydrogen (secondary N) is 1. The van der Waals surface area contributed by atoms with Gasteiger partial charge in [-0.2, -0.15) is 0 Å². The van der Waals surface area contributed by atoms with E-state index in [0.29, 0.717) is 22.7 Å². The average Bonchev–Trinajstić information content (AvgIpc) is 2.78. The van der Waals surface area contributed by atoms with Crippen LogP contribution in [0.15, 0.2) is 22.6 Å². The van der Waals surface area contributed by atoms with Crippen molar-refractivity contribution >= 4 is 21.1 Å². The van der Waals surface area contributed by atoms with Crippen LogP contribution in [0.3, 0.4) is 0 Å². The number of fused-ring (bicyclic) bond motifs is 1. The predicted octanol–water partition coefficient (Wildman–Crippen LogP) is 1.28. The predicted molar refractivity (Wildman–Crippen MR) is 66.9 cm³/mol. The SMILES string of the molecule is CCS(=O)(=O)NCc1nc2cc(OC)ccc2o1. The molecule has 0 radical (unpaired) electrons. The van der Waals surface area contributed by atoms with Crippen LogP contribution in [0, 0.1) is 0 Å². The molecule has 2 rings (SSSR count). The van der Waals surface area contributed by atoms with Crippen molar-refractivity contribution in [2.24, 2.45) is 0 Å². The number of nitrogens with zero attached hydrogens (tertiary/aromatic N) is 1. The van der Waals surface area contributed by atoms with E-state index in [0.717, 1.165) is 0 Å². The Morgan fingerprint density at radius 2 is 2.22 bits per heavy atom. The zero-order chi connectivity index (χ0) is 13.2. The second-order valence-corrected chi connectivity index (χ2v) is 5.76. The molecular formula is C11H14N2O4S. The molecule has 0 saturated heterocycles. The number of oxazole rings is 1. The van der Waals surface area contributed by atoms with E-state index in [1.54, 1.807) is 32.2 Å². The fourth-order valence-corrected chi connectivity index (χ4v) is 1.98. The molecule has 18 heavy (non-hydrogen) atoms. The van der Waals surface area contributed by atoms with Crippen LogP contribution in [0.2, 0.25) is 0 Å². The standard InChI is InChI=1S/C11H14N2O4S/c1-3-18(14,15)12-7-11-13-9-6-8(16-2)4-5-10(9)17-11/h4-6,12H,3,7H2,1-2H3. The first-order valence-corrected chi connectivity index (χ1v) is 7.10. The van der Waals surface area contributed by atoms with E-state index >= 15 is 0 Å². The molecular weight excluding hydrogens is 256 g/mol. The summed E-state index contributed by atoms with van der Waals surface area (Å²) in [5, 5.41) is 0. The first-order valence-electron chi connectivity index (χ1n) is 5.45. The lowest BCUT2D eigenvalue weighted by Crippen LogP contribution is -2.24. The van der Waals surface area contributed by atoms with Crippen LogP contribution in [0.1, 0.15) is 12.8 Å². The Morgan fingerprint density at radius 3 is 2.89 bits per heavy atom. The Hall–Kier alpha value is -1.60. The van der Waals surface area contributed by atoms with Crippen molar-refractivity contribution in [3.05, 3.63) is 24.1 Å². The van der Waals surface area contributed by atoms with E-state index in [9.17, 15) is 8.42 Å². The number of methoxy groups -OCH3 is 1. The van der Waals surface area contributed by atoms with Gasteiger partial charge in [0, 0.05) is 6.07 Å². The summed E-state index contributed by atoms with van der Waals surface area (Å²) in [5.74, 6) is 1.04. The third-order valence-corrected chi connectivity index (χ3v) is 3.81. The summed E-state index contributed by atoms with van der Waals surface area (Å²) >= 11 is 0. The maximum atomic E-state index is 11.3. The second-order valence-electron chi connectivity index (χ2n) is 3.67. The van der Waals surface area contributed by atoms with Gasteiger partial charge in [0.25, 0.3) is 0 Å². The third kappa shape index (κ3) is 2.80. The molecule has 0 amide bonds. The molecule has 98 valence electrons. The molecule has 0 aliphatic rings. The Bertz CT molecular complexity index is 648. The molecule has 0 fully saturated rings. The van der Waals surface area contributed by atoms with E-state index in [2.05, 4.69) is 9.71 Å². The molecule has 0 spiro atoms. The van der Waals surface area contributed by atoms with Crippen LogP contribution in [0.4, 0.5) is 0 Å². The zero-order valence-electron chi connectivity index (χ0n) is 10.1. The van der Waals surface area contributed by atoms with Crippen molar-refractivity contribution in [2.75, 3.05) is 12.9 Å². The number of sulfonamides is 1. The molecule has 0 aliphatic carbocycles. The van der Waals surface area contributed by atoms with Gasteiger partial charge in [-0.05, 0) is 19.1 Å². The Labute approximate surface area is 105 Å². The van der Waals surface area contributed by atoms with E-state index in [4.69, 9.17) is 9.15 Å². The lowest BCUT2D eigenvalue weighted by Gasteiger charge is -1.99. The summed E-state index contributed by atoms with van der Waals surface area (Å²) in [7, 11) is -1.68. The molecule has 1 aromatic carbocycles. The van der Waals surface area contributed by atoms with Gasteiger partial charge in [0.05, 0.1) is 19.4 Å². The Morgan fingerprint density at radius 1 is 1.44 bits per heavy atom. The monoisotopic (exact) mass is 270 g/mol. The number of ether oxygens (including phenoxy) is 1. The van der Waals surface area contributed by atoms with Gasteiger partial charge < -0.3 is 9.15 Å². The summed E-state index contributed by atoms with van der Waals surface area (Å²) in [6.45, 7) is 1.62. The summed E-state index contributed by atoms with van der Waals surface area (Å²) in [5.41, 5.74) is 1.24. The molecule has 7 heteroatoms. The zero-order valence-corrected chi connectivity index (χ0v) is 11.0. The lowest BCUT2D eigenvalue weighted by atomic mass is 10.3. The molecule has 0 bridgehead atoms. The normalized spacial score (nSPS) is 11.9. The number of hydrogen-bond donors (Lipinski definition) is 1. The van der Waals surface area contributed by atoms with Crippen molar-refractivity contribution < 1.29 is 17.6 Å². The van der Waals surface area contributed by atoms with Crippen molar-refractivity contribution in [1.82, 2.24) is 9.71 Å². The highest BCUT2D eigenvalue weighted by Gasteiger charge is 2.10. The van der Waals surface area contributed by atoms with Gasteiger partial charge in [-0.25, -0.2) is 18.1 Å². The van der Waals surface area contributed by atoms with Crippen LogP contribution in [0.25, 0.3) is 11.1 Å². The molecule has 2 aromatic rings. The maximum Gasteiger partial charge on any atom is 0.211 e. The molecule has 1 heterocycles. The molecule has 0 atom stereocenters. The number of hydrogen-bond acceptors (Lipinski definition) is 5. The number of aromatic nitrogens is 1. The highest BCUT2D eigenvalue weighted by atomic mass is 32.2. The number of benzene rings is 1. The van der Waals surface area contributed by atoms with Gasteiger partial charge in [0.2, 0.25) is 15.9 Å². The van der Waals surface area contributed by atoms with Crippen molar-refractivity contribution in [1.29, 1.82) is 0 Å². The summed E-state index contributed by atoms with van der Waals surface area (Å²) in [6.07, 6.45) is 0. The summed E-state index contributed by atoms with van der Waals surface area (Å²) in [4.78, 5) is 4.19. The van der Waals surface area contributed by atoms with Crippen molar-refractivity contribution in [3.8, 4) is 5.75 Å².